The van der Waals surface area contributed by atoms with E-state index in [-0.39, 0.29) is 0 Å². The van der Waals surface area contributed by atoms with Gasteiger partial charge in [-0.25, -0.2) is 8.42 Å². The van der Waals surface area contributed by atoms with E-state index in [0.717, 1.165) is 12.8 Å². The number of rotatable bonds is 6. The molecule has 0 bridgehead atoms. The first kappa shape index (κ1) is 15.2. The van der Waals surface area contributed by atoms with E-state index in [0.29, 0.717) is 23.3 Å². The third-order valence-electron chi connectivity index (χ3n) is 3.26. The number of sulfone groups is 1. The Bertz CT molecular complexity index is 463. The van der Waals surface area contributed by atoms with Crippen LogP contribution in [0.4, 0.5) is 0 Å². The van der Waals surface area contributed by atoms with Gasteiger partial charge in [-0.1, -0.05) is 26.0 Å². The van der Waals surface area contributed by atoms with Crippen molar-refractivity contribution in [2.45, 2.75) is 37.5 Å². The lowest BCUT2D eigenvalue weighted by atomic mass is 9.85. The van der Waals surface area contributed by atoms with Crippen LogP contribution in [0.5, 0.6) is 0 Å². The van der Waals surface area contributed by atoms with Crippen molar-refractivity contribution in [2.75, 3.05) is 12.8 Å². The fourth-order valence-corrected chi connectivity index (χ4v) is 2.82. The van der Waals surface area contributed by atoms with Crippen molar-refractivity contribution >= 4 is 9.84 Å². The fraction of sp³-hybridized carbons (Fsp3) is 0.571. The summed E-state index contributed by atoms with van der Waals surface area (Å²) in [4.78, 5) is 0.382. The zero-order chi connectivity index (χ0) is 13.8. The summed E-state index contributed by atoms with van der Waals surface area (Å²) >= 11 is 0. The maximum absolute atomic E-state index is 11.4. The lowest BCUT2D eigenvalue weighted by Crippen LogP contribution is -2.10. The monoisotopic (exact) mass is 269 g/mol. The standard InChI is InChI=1S/C14H23NO2S/c1-11(2)14(5-4-10-15)12-6-8-13(9-7-12)18(3,16)17/h6-9,11,14H,4-5,10,15H2,1-3H3. The smallest absolute Gasteiger partial charge is 0.175 e. The molecule has 0 aromatic heterocycles. The molecule has 2 N–H and O–H groups in total. The van der Waals surface area contributed by atoms with Gasteiger partial charge < -0.3 is 5.73 Å². The molecule has 0 amide bonds. The minimum atomic E-state index is -3.10. The molecule has 4 heteroatoms. The molecular weight excluding hydrogens is 246 g/mol. The minimum Gasteiger partial charge on any atom is -0.330 e. The molecule has 1 unspecified atom stereocenters. The molecule has 1 aromatic carbocycles. The van der Waals surface area contributed by atoms with Gasteiger partial charge in [0.25, 0.3) is 0 Å². The molecule has 0 radical (unpaired) electrons. The molecule has 0 aliphatic carbocycles. The first-order valence-corrected chi connectivity index (χ1v) is 8.25. The largest absolute Gasteiger partial charge is 0.330 e. The van der Waals surface area contributed by atoms with E-state index in [4.69, 9.17) is 5.73 Å². The molecule has 1 aromatic rings. The second kappa shape index (κ2) is 6.34. The Morgan fingerprint density at radius 2 is 1.72 bits per heavy atom. The molecular formula is C14H23NO2S. The lowest BCUT2D eigenvalue weighted by Gasteiger charge is -2.21. The summed E-state index contributed by atoms with van der Waals surface area (Å²) in [6, 6.07) is 7.25. The lowest BCUT2D eigenvalue weighted by molar-refractivity contribution is 0.458. The summed E-state index contributed by atoms with van der Waals surface area (Å²) in [6.45, 7) is 5.07. The average Bonchev–Trinajstić information content (AvgIpc) is 2.28. The van der Waals surface area contributed by atoms with Gasteiger partial charge in [0, 0.05) is 6.26 Å². The second-order valence-corrected chi connectivity index (χ2v) is 7.14. The van der Waals surface area contributed by atoms with E-state index in [9.17, 15) is 8.42 Å². The average molecular weight is 269 g/mol. The van der Waals surface area contributed by atoms with Crippen LogP contribution in [-0.2, 0) is 9.84 Å². The quantitative estimate of drug-likeness (QED) is 0.863. The van der Waals surface area contributed by atoms with Crippen molar-refractivity contribution in [1.82, 2.24) is 0 Å². The van der Waals surface area contributed by atoms with E-state index < -0.39 is 9.84 Å². The summed E-state index contributed by atoms with van der Waals surface area (Å²) in [7, 11) is -3.10. The van der Waals surface area contributed by atoms with Gasteiger partial charge in [0.2, 0.25) is 0 Å². The predicted octanol–water partition coefficient (Wildman–Crippen LogP) is 2.57. The summed E-state index contributed by atoms with van der Waals surface area (Å²) in [5.41, 5.74) is 6.76. The Morgan fingerprint density at radius 3 is 2.11 bits per heavy atom. The van der Waals surface area contributed by atoms with E-state index in [1.165, 1.54) is 11.8 Å². The zero-order valence-electron chi connectivity index (χ0n) is 11.4. The Balaban J connectivity index is 2.94. The molecule has 0 spiro atoms. The second-order valence-electron chi connectivity index (χ2n) is 5.12. The van der Waals surface area contributed by atoms with E-state index in [1.807, 2.05) is 12.1 Å². The minimum absolute atomic E-state index is 0.382. The van der Waals surface area contributed by atoms with Crippen LogP contribution in [0.25, 0.3) is 0 Å². The molecule has 0 heterocycles. The van der Waals surface area contributed by atoms with Crippen LogP contribution in [0.15, 0.2) is 29.2 Å². The Labute approximate surface area is 110 Å². The van der Waals surface area contributed by atoms with Crippen molar-refractivity contribution in [3.05, 3.63) is 29.8 Å². The van der Waals surface area contributed by atoms with Crippen molar-refractivity contribution in [3.8, 4) is 0 Å². The van der Waals surface area contributed by atoms with Gasteiger partial charge >= 0.3 is 0 Å². The first-order valence-electron chi connectivity index (χ1n) is 6.36. The Kier molecular flexibility index (Phi) is 5.35. The Hall–Kier alpha value is -0.870. The molecule has 0 saturated carbocycles. The van der Waals surface area contributed by atoms with Gasteiger partial charge in [0.1, 0.15) is 0 Å². The van der Waals surface area contributed by atoms with Crippen molar-refractivity contribution in [1.29, 1.82) is 0 Å². The van der Waals surface area contributed by atoms with E-state index >= 15 is 0 Å². The summed E-state index contributed by atoms with van der Waals surface area (Å²) < 4.78 is 22.8. The molecule has 18 heavy (non-hydrogen) atoms. The molecule has 0 aliphatic rings. The molecule has 0 aliphatic heterocycles. The molecule has 0 fully saturated rings. The normalized spacial score (nSPS) is 13.8. The summed E-state index contributed by atoms with van der Waals surface area (Å²) in [6.07, 6.45) is 3.28. The third-order valence-corrected chi connectivity index (χ3v) is 4.39. The van der Waals surface area contributed by atoms with Crippen LogP contribution in [0.1, 0.15) is 38.2 Å². The van der Waals surface area contributed by atoms with E-state index in [2.05, 4.69) is 13.8 Å². The van der Waals surface area contributed by atoms with Gasteiger partial charge in [-0.15, -0.1) is 0 Å². The molecule has 1 atom stereocenters. The molecule has 1 rings (SSSR count). The molecule has 3 nitrogen and oxygen atoms in total. The number of hydrogen-bond acceptors (Lipinski definition) is 3. The number of hydrogen-bond donors (Lipinski definition) is 1. The Morgan fingerprint density at radius 1 is 1.17 bits per heavy atom. The van der Waals surface area contributed by atoms with Crippen LogP contribution in [0, 0.1) is 5.92 Å². The molecule has 102 valence electrons. The van der Waals surface area contributed by atoms with Crippen LogP contribution in [-0.4, -0.2) is 21.2 Å². The van der Waals surface area contributed by atoms with Gasteiger partial charge in [0.15, 0.2) is 9.84 Å². The third kappa shape index (κ3) is 4.10. The van der Waals surface area contributed by atoms with Crippen LogP contribution >= 0.6 is 0 Å². The number of benzene rings is 1. The first-order chi connectivity index (χ1) is 8.36. The van der Waals surface area contributed by atoms with Crippen LogP contribution < -0.4 is 5.73 Å². The van der Waals surface area contributed by atoms with Gasteiger partial charge in [0.05, 0.1) is 4.90 Å². The fourth-order valence-electron chi connectivity index (χ4n) is 2.18. The SMILES string of the molecule is CC(C)C(CCCN)c1ccc(S(C)(=O)=O)cc1. The van der Waals surface area contributed by atoms with Gasteiger partial charge in [-0.3, -0.25) is 0 Å². The van der Waals surface area contributed by atoms with Crippen molar-refractivity contribution in [2.24, 2.45) is 11.7 Å². The number of nitrogens with two attached hydrogens (primary N) is 1. The highest BCUT2D eigenvalue weighted by molar-refractivity contribution is 7.90. The van der Waals surface area contributed by atoms with Crippen LogP contribution in [0.3, 0.4) is 0 Å². The zero-order valence-corrected chi connectivity index (χ0v) is 12.2. The maximum atomic E-state index is 11.4. The van der Waals surface area contributed by atoms with Crippen molar-refractivity contribution < 1.29 is 8.42 Å². The highest BCUT2D eigenvalue weighted by Crippen LogP contribution is 2.29. The van der Waals surface area contributed by atoms with E-state index in [1.54, 1.807) is 12.1 Å². The van der Waals surface area contributed by atoms with Crippen LogP contribution in [0.2, 0.25) is 0 Å². The topological polar surface area (TPSA) is 60.2 Å². The maximum Gasteiger partial charge on any atom is 0.175 e. The molecule has 0 saturated heterocycles. The van der Waals surface area contributed by atoms with Crippen molar-refractivity contribution in [3.63, 3.8) is 0 Å². The summed E-state index contributed by atoms with van der Waals surface area (Å²) in [5.74, 6) is 0.975. The highest BCUT2D eigenvalue weighted by Gasteiger charge is 2.16. The highest BCUT2D eigenvalue weighted by atomic mass is 32.2. The summed E-state index contributed by atoms with van der Waals surface area (Å²) in [5, 5.41) is 0. The predicted molar refractivity (Wildman–Crippen MR) is 75.4 cm³/mol. The van der Waals surface area contributed by atoms with Gasteiger partial charge in [-0.2, -0.15) is 0 Å². The van der Waals surface area contributed by atoms with Gasteiger partial charge in [-0.05, 0) is 48.9 Å².